The number of phenolic OH excluding ortho intramolecular Hbond substituents is 1. The highest BCUT2D eigenvalue weighted by atomic mass is 32.1. The molecule has 0 saturated heterocycles. The van der Waals surface area contributed by atoms with E-state index < -0.39 is 0 Å². The van der Waals surface area contributed by atoms with E-state index in [1.807, 2.05) is 0 Å². The van der Waals surface area contributed by atoms with Gasteiger partial charge in [-0.25, -0.2) is 0 Å². The van der Waals surface area contributed by atoms with Gasteiger partial charge in [-0.2, -0.15) is 4.39 Å². The van der Waals surface area contributed by atoms with E-state index in [2.05, 4.69) is 0 Å². The van der Waals surface area contributed by atoms with Crippen LogP contribution in [-0.4, -0.2) is 5.11 Å². The Morgan fingerprint density at radius 2 is 2.17 bits per heavy atom. The van der Waals surface area contributed by atoms with Crippen molar-refractivity contribution in [3.63, 3.8) is 0 Å². The van der Waals surface area contributed by atoms with E-state index in [0.29, 0.717) is 4.70 Å². The number of halogens is 1. The third-order valence-electron chi connectivity index (χ3n) is 1.67. The first-order chi connectivity index (χ1) is 5.68. The summed E-state index contributed by atoms with van der Waals surface area (Å²) < 4.78 is 13.3. The summed E-state index contributed by atoms with van der Waals surface area (Å²) in [6.45, 7) is 0. The fourth-order valence-electron chi connectivity index (χ4n) is 1.08. The van der Waals surface area contributed by atoms with Crippen LogP contribution in [0.1, 0.15) is 0 Å². The van der Waals surface area contributed by atoms with Gasteiger partial charge in [0.2, 0.25) is 0 Å². The van der Waals surface area contributed by atoms with Crippen molar-refractivity contribution >= 4 is 27.1 Å². The minimum Gasteiger partial charge on any atom is -0.506 e. The summed E-state index contributed by atoms with van der Waals surface area (Å²) in [5.74, 6) is 0.00403. The van der Waals surface area contributed by atoms with E-state index in [1.165, 1.54) is 12.1 Å². The Morgan fingerprint density at radius 1 is 1.42 bits per heavy atom. The highest BCUT2D eigenvalue weighted by Gasteiger charge is 2.06. The molecule has 0 aliphatic rings. The molecule has 2 nitrogen and oxygen atoms in total. The Balaban J connectivity index is 2.89. The molecular weight excluding hydrogens is 177 g/mol. The highest BCUT2D eigenvalue weighted by Crippen LogP contribution is 2.34. The first-order valence-corrected chi connectivity index (χ1v) is 4.16. The lowest BCUT2D eigenvalue weighted by molar-refractivity contribution is 0.479. The van der Waals surface area contributed by atoms with E-state index in [4.69, 9.17) is 5.73 Å². The van der Waals surface area contributed by atoms with Crippen molar-refractivity contribution in [1.82, 2.24) is 0 Å². The van der Waals surface area contributed by atoms with Crippen LogP contribution in [0, 0.1) is 5.13 Å². The largest absolute Gasteiger partial charge is 0.506 e. The monoisotopic (exact) mass is 183 g/mol. The first-order valence-electron chi connectivity index (χ1n) is 3.35. The molecule has 4 heteroatoms. The zero-order valence-electron chi connectivity index (χ0n) is 6.04. The van der Waals surface area contributed by atoms with Crippen LogP contribution >= 0.6 is 11.3 Å². The minimum absolute atomic E-state index is 0.00403. The normalized spacial score (nSPS) is 10.8. The van der Waals surface area contributed by atoms with Gasteiger partial charge in [0.15, 0.2) is 5.13 Å². The molecule has 0 saturated carbocycles. The number of rotatable bonds is 0. The summed E-state index contributed by atoms with van der Waals surface area (Å²) in [5, 5.41) is 9.63. The second-order valence-electron chi connectivity index (χ2n) is 2.47. The van der Waals surface area contributed by atoms with Gasteiger partial charge in [-0.1, -0.05) is 0 Å². The number of hydrogen-bond acceptors (Lipinski definition) is 3. The lowest BCUT2D eigenvalue weighted by Crippen LogP contribution is -1.84. The third kappa shape index (κ3) is 0.921. The van der Waals surface area contributed by atoms with Gasteiger partial charge in [-0.05, 0) is 23.6 Å². The molecule has 0 amide bonds. The van der Waals surface area contributed by atoms with E-state index >= 15 is 0 Å². The standard InChI is InChI=1S/C8H6FNOS/c9-6-3-4-1-2-5(11)7(10)8(4)12-6/h1-3,11H,10H2. The van der Waals surface area contributed by atoms with E-state index in [0.717, 1.165) is 16.7 Å². The molecule has 3 N–H and O–H groups in total. The quantitative estimate of drug-likeness (QED) is 0.486. The molecule has 2 rings (SSSR count). The Morgan fingerprint density at radius 3 is 2.92 bits per heavy atom. The molecule has 12 heavy (non-hydrogen) atoms. The first kappa shape index (κ1) is 7.36. The second-order valence-corrected chi connectivity index (χ2v) is 3.47. The van der Waals surface area contributed by atoms with Crippen molar-refractivity contribution in [3.8, 4) is 5.75 Å². The summed E-state index contributed by atoms with van der Waals surface area (Å²) in [6.07, 6.45) is 0. The van der Waals surface area contributed by atoms with Crippen molar-refractivity contribution in [2.45, 2.75) is 0 Å². The summed E-state index contributed by atoms with van der Waals surface area (Å²) in [4.78, 5) is 0. The Bertz CT molecular complexity index is 438. The molecule has 1 aromatic heterocycles. The van der Waals surface area contributed by atoms with E-state index in [1.54, 1.807) is 6.07 Å². The fraction of sp³-hybridized carbons (Fsp3) is 0. The summed E-state index contributed by atoms with van der Waals surface area (Å²) in [6, 6.07) is 4.50. The Kier molecular flexibility index (Phi) is 1.44. The molecule has 0 unspecified atom stereocenters. The SMILES string of the molecule is Nc1c(O)ccc2cc(F)sc12. The molecule has 0 radical (unpaired) electrons. The van der Waals surface area contributed by atoms with Crippen LogP contribution in [0.3, 0.4) is 0 Å². The molecule has 0 aliphatic carbocycles. The van der Waals surface area contributed by atoms with Crippen molar-refractivity contribution in [2.24, 2.45) is 0 Å². The summed E-state index contributed by atoms with van der Waals surface area (Å²) >= 11 is 0.941. The minimum atomic E-state index is -0.290. The van der Waals surface area contributed by atoms with Gasteiger partial charge in [0, 0.05) is 0 Å². The van der Waals surface area contributed by atoms with Gasteiger partial charge < -0.3 is 10.8 Å². The molecule has 0 bridgehead atoms. The van der Waals surface area contributed by atoms with E-state index in [-0.39, 0.29) is 16.6 Å². The van der Waals surface area contributed by atoms with Crippen LogP contribution in [-0.2, 0) is 0 Å². The molecule has 1 aromatic carbocycles. The molecule has 1 heterocycles. The average Bonchev–Trinajstić information content (AvgIpc) is 2.39. The second kappa shape index (κ2) is 2.35. The lowest BCUT2D eigenvalue weighted by Gasteiger charge is -1.97. The van der Waals surface area contributed by atoms with Crippen LogP contribution in [0.15, 0.2) is 18.2 Å². The van der Waals surface area contributed by atoms with Crippen LogP contribution < -0.4 is 5.73 Å². The molecule has 0 fully saturated rings. The molecule has 0 atom stereocenters. The summed E-state index contributed by atoms with van der Waals surface area (Å²) in [7, 11) is 0. The lowest BCUT2D eigenvalue weighted by atomic mass is 10.2. The third-order valence-corrected chi connectivity index (χ3v) is 2.64. The smallest absolute Gasteiger partial charge is 0.177 e. The van der Waals surface area contributed by atoms with Gasteiger partial charge in [0.25, 0.3) is 0 Å². The fourth-order valence-corrected chi connectivity index (χ4v) is 1.92. The molecule has 2 aromatic rings. The van der Waals surface area contributed by atoms with Gasteiger partial charge in [0.05, 0.1) is 10.4 Å². The predicted octanol–water partition coefficient (Wildman–Crippen LogP) is 2.33. The van der Waals surface area contributed by atoms with Crippen LogP contribution in [0.4, 0.5) is 10.1 Å². The number of aromatic hydroxyl groups is 1. The predicted molar refractivity (Wildman–Crippen MR) is 47.9 cm³/mol. The zero-order chi connectivity index (χ0) is 8.72. The van der Waals surface area contributed by atoms with Crippen molar-refractivity contribution < 1.29 is 9.50 Å². The Labute approximate surface area is 72.1 Å². The maximum Gasteiger partial charge on any atom is 0.177 e. The molecule has 0 spiro atoms. The van der Waals surface area contributed by atoms with Crippen molar-refractivity contribution in [3.05, 3.63) is 23.3 Å². The number of anilines is 1. The molecule has 62 valence electrons. The number of nitrogens with two attached hydrogens (primary N) is 1. The van der Waals surface area contributed by atoms with Gasteiger partial charge in [-0.3, -0.25) is 0 Å². The number of benzene rings is 1. The topological polar surface area (TPSA) is 46.2 Å². The number of phenols is 1. The van der Waals surface area contributed by atoms with Crippen LogP contribution in [0.2, 0.25) is 0 Å². The summed E-state index contributed by atoms with van der Waals surface area (Å²) in [5.41, 5.74) is 5.78. The molecule has 0 aliphatic heterocycles. The maximum absolute atomic E-state index is 12.7. The Hall–Kier alpha value is -1.29. The van der Waals surface area contributed by atoms with Gasteiger partial charge in [-0.15, -0.1) is 11.3 Å². The average molecular weight is 183 g/mol. The number of fused-ring (bicyclic) bond motifs is 1. The van der Waals surface area contributed by atoms with Gasteiger partial charge >= 0.3 is 0 Å². The van der Waals surface area contributed by atoms with Crippen molar-refractivity contribution in [1.29, 1.82) is 0 Å². The molecular formula is C8H6FNOS. The van der Waals surface area contributed by atoms with Crippen molar-refractivity contribution in [2.75, 3.05) is 5.73 Å². The zero-order valence-corrected chi connectivity index (χ0v) is 6.86. The number of thiophene rings is 1. The number of nitrogen functional groups attached to an aromatic ring is 1. The van der Waals surface area contributed by atoms with E-state index in [9.17, 15) is 9.50 Å². The van der Waals surface area contributed by atoms with Crippen LogP contribution in [0.25, 0.3) is 10.1 Å². The highest BCUT2D eigenvalue weighted by molar-refractivity contribution is 7.18. The maximum atomic E-state index is 12.7. The number of hydrogen-bond donors (Lipinski definition) is 2. The van der Waals surface area contributed by atoms with Crippen LogP contribution in [0.5, 0.6) is 5.75 Å². The van der Waals surface area contributed by atoms with Gasteiger partial charge in [0.1, 0.15) is 5.75 Å².